The van der Waals surface area contributed by atoms with Gasteiger partial charge in [-0.2, -0.15) is 0 Å². The Labute approximate surface area is 160 Å². The number of benzene rings is 3. The predicted octanol–water partition coefficient (Wildman–Crippen LogP) is 4.86. The van der Waals surface area contributed by atoms with Gasteiger partial charge in [0.15, 0.2) is 11.5 Å². The van der Waals surface area contributed by atoms with Crippen LogP contribution in [0.5, 0.6) is 11.5 Å². The SMILES string of the molecule is COc1cc2c(cc1OCc1ccccc1)C(Cc1ccccc1)=NCC2. The van der Waals surface area contributed by atoms with Crippen molar-refractivity contribution in [2.24, 2.45) is 4.99 Å². The summed E-state index contributed by atoms with van der Waals surface area (Å²) in [7, 11) is 1.69. The fourth-order valence-corrected chi connectivity index (χ4v) is 3.42. The molecule has 3 heteroatoms. The molecule has 1 aliphatic heterocycles. The zero-order valence-electron chi connectivity index (χ0n) is 15.5. The molecule has 27 heavy (non-hydrogen) atoms. The normalized spacial score (nSPS) is 12.9. The molecule has 4 rings (SSSR count). The van der Waals surface area contributed by atoms with Crippen molar-refractivity contribution in [3.05, 3.63) is 95.1 Å². The molecule has 0 unspecified atom stereocenters. The third-order valence-corrected chi connectivity index (χ3v) is 4.84. The van der Waals surface area contributed by atoms with Crippen LogP contribution in [0.15, 0.2) is 77.8 Å². The van der Waals surface area contributed by atoms with Crippen molar-refractivity contribution < 1.29 is 9.47 Å². The molecule has 1 heterocycles. The number of nitrogens with zero attached hydrogens (tertiary/aromatic N) is 1. The molecular formula is C24H23NO2. The number of ether oxygens (including phenoxy) is 2. The predicted molar refractivity (Wildman–Crippen MR) is 109 cm³/mol. The van der Waals surface area contributed by atoms with Gasteiger partial charge in [0.2, 0.25) is 0 Å². The van der Waals surface area contributed by atoms with Crippen molar-refractivity contribution in [2.75, 3.05) is 13.7 Å². The molecular weight excluding hydrogens is 334 g/mol. The Hall–Kier alpha value is -3.07. The van der Waals surface area contributed by atoms with E-state index in [0.717, 1.165) is 42.2 Å². The van der Waals surface area contributed by atoms with Crippen molar-refractivity contribution >= 4 is 5.71 Å². The second-order valence-electron chi connectivity index (χ2n) is 6.68. The van der Waals surface area contributed by atoms with E-state index in [2.05, 4.69) is 48.5 Å². The van der Waals surface area contributed by atoms with Gasteiger partial charge in [-0.25, -0.2) is 0 Å². The van der Waals surface area contributed by atoms with Crippen LogP contribution in [0, 0.1) is 0 Å². The number of aliphatic imine (C=N–C) groups is 1. The van der Waals surface area contributed by atoms with E-state index < -0.39 is 0 Å². The molecule has 0 bridgehead atoms. The lowest BCUT2D eigenvalue weighted by atomic mass is 9.93. The minimum absolute atomic E-state index is 0.515. The maximum atomic E-state index is 6.10. The Morgan fingerprint density at radius 1 is 0.852 bits per heavy atom. The molecule has 136 valence electrons. The molecule has 3 aromatic carbocycles. The molecule has 0 aromatic heterocycles. The molecule has 0 saturated carbocycles. The second kappa shape index (κ2) is 8.09. The van der Waals surface area contributed by atoms with Gasteiger partial charge >= 0.3 is 0 Å². The van der Waals surface area contributed by atoms with E-state index in [1.54, 1.807) is 7.11 Å². The highest BCUT2D eigenvalue weighted by molar-refractivity contribution is 6.04. The summed E-state index contributed by atoms with van der Waals surface area (Å²) >= 11 is 0. The highest BCUT2D eigenvalue weighted by Gasteiger charge is 2.19. The molecule has 0 radical (unpaired) electrons. The standard InChI is InChI=1S/C24H23NO2/c1-26-23-15-20-12-13-25-22(14-18-8-4-2-5-9-18)21(20)16-24(23)27-17-19-10-6-3-7-11-19/h2-11,15-16H,12-14,17H2,1H3. The Balaban J connectivity index is 1.62. The summed E-state index contributed by atoms with van der Waals surface area (Å²) < 4.78 is 11.7. The number of hydrogen-bond acceptors (Lipinski definition) is 3. The Kier molecular flexibility index (Phi) is 5.20. The molecule has 0 N–H and O–H groups in total. The van der Waals surface area contributed by atoms with Crippen LogP contribution in [-0.4, -0.2) is 19.4 Å². The largest absolute Gasteiger partial charge is 0.493 e. The van der Waals surface area contributed by atoms with Gasteiger partial charge in [-0.05, 0) is 35.2 Å². The van der Waals surface area contributed by atoms with E-state index in [4.69, 9.17) is 14.5 Å². The van der Waals surface area contributed by atoms with Crippen molar-refractivity contribution in [2.45, 2.75) is 19.4 Å². The minimum Gasteiger partial charge on any atom is -0.493 e. The van der Waals surface area contributed by atoms with Crippen LogP contribution in [0.1, 0.15) is 22.3 Å². The summed E-state index contributed by atoms with van der Waals surface area (Å²) in [6.07, 6.45) is 1.77. The number of rotatable bonds is 6. The van der Waals surface area contributed by atoms with E-state index in [0.29, 0.717) is 6.61 Å². The van der Waals surface area contributed by atoms with Crippen molar-refractivity contribution in [3.8, 4) is 11.5 Å². The van der Waals surface area contributed by atoms with Crippen LogP contribution in [0.25, 0.3) is 0 Å². The smallest absolute Gasteiger partial charge is 0.162 e. The molecule has 0 aliphatic carbocycles. The summed E-state index contributed by atoms with van der Waals surface area (Å²) in [6, 6.07) is 24.9. The summed E-state index contributed by atoms with van der Waals surface area (Å²) in [6.45, 7) is 1.34. The highest BCUT2D eigenvalue weighted by atomic mass is 16.5. The molecule has 0 saturated heterocycles. The lowest BCUT2D eigenvalue weighted by molar-refractivity contribution is 0.284. The van der Waals surface area contributed by atoms with Crippen LogP contribution in [0.3, 0.4) is 0 Å². The van der Waals surface area contributed by atoms with Crippen molar-refractivity contribution in [3.63, 3.8) is 0 Å². The first-order valence-corrected chi connectivity index (χ1v) is 9.29. The van der Waals surface area contributed by atoms with Crippen molar-refractivity contribution in [1.29, 1.82) is 0 Å². The van der Waals surface area contributed by atoms with Crippen LogP contribution in [0.2, 0.25) is 0 Å². The summed E-state index contributed by atoms with van der Waals surface area (Å²) in [5.41, 5.74) is 5.98. The third-order valence-electron chi connectivity index (χ3n) is 4.84. The van der Waals surface area contributed by atoms with Gasteiger partial charge in [0, 0.05) is 24.2 Å². The first kappa shape index (κ1) is 17.3. The van der Waals surface area contributed by atoms with Gasteiger partial charge in [0.25, 0.3) is 0 Å². The molecule has 1 aliphatic rings. The van der Waals surface area contributed by atoms with E-state index in [9.17, 15) is 0 Å². The van der Waals surface area contributed by atoms with Crippen LogP contribution in [0.4, 0.5) is 0 Å². The highest BCUT2D eigenvalue weighted by Crippen LogP contribution is 2.34. The van der Waals surface area contributed by atoms with Gasteiger partial charge in [-0.3, -0.25) is 4.99 Å². The third kappa shape index (κ3) is 4.03. The van der Waals surface area contributed by atoms with Gasteiger partial charge < -0.3 is 9.47 Å². The molecule has 0 spiro atoms. The van der Waals surface area contributed by atoms with Gasteiger partial charge in [0.05, 0.1) is 7.11 Å². The lowest BCUT2D eigenvalue weighted by Gasteiger charge is -2.20. The Morgan fingerprint density at radius 2 is 1.56 bits per heavy atom. The lowest BCUT2D eigenvalue weighted by Crippen LogP contribution is -2.16. The average molecular weight is 357 g/mol. The zero-order chi connectivity index (χ0) is 18.5. The maximum Gasteiger partial charge on any atom is 0.162 e. The first-order valence-electron chi connectivity index (χ1n) is 9.29. The molecule has 3 aromatic rings. The first-order chi connectivity index (χ1) is 13.3. The monoisotopic (exact) mass is 357 g/mol. The number of methoxy groups -OCH3 is 1. The van der Waals surface area contributed by atoms with E-state index >= 15 is 0 Å². The van der Waals surface area contributed by atoms with Crippen LogP contribution >= 0.6 is 0 Å². The molecule has 0 amide bonds. The summed E-state index contributed by atoms with van der Waals surface area (Å²) in [5, 5.41) is 0. The Morgan fingerprint density at radius 3 is 2.26 bits per heavy atom. The average Bonchev–Trinajstić information content (AvgIpc) is 2.73. The fraction of sp³-hybridized carbons (Fsp3) is 0.208. The second-order valence-corrected chi connectivity index (χ2v) is 6.68. The van der Waals surface area contributed by atoms with E-state index in [1.807, 2.05) is 24.3 Å². The quantitative estimate of drug-likeness (QED) is 0.631. The maximum absolute atomic E-state index is 6.10. The fourth-order valence-electron chi connectivity index (χ4n) is 3.42. The number of hydrogen-bond donors (Lipinski definition) is 0. The Bertz CT molecular complexity index is 933. The topological polar surface area (TPSA) is 30.8 Å². The van der Waals surface area contributed by atoms with Crippen molar-refractivity contribution in [1.82, 2.24) is 0 Å². The summed E-state index contributed by atoms with van der Waals surface area (Å²) in [4.78, 5) is 4.80. The van der Waals surface area contributed by atoms with Gasteiger partial charge in [-0.1, -0.05) is 60.7 Å². The molecule has 0 atom stereocenters. The van der Waals surface area contributed by atoms with E-state index in [-0.39, 0.29) is 0 Å². The minimum atomic E-state index is 0.515. The van der Waals surface area contributed by atoms with Gasteiger partial charge in [0.1, 0.15) is 6.61 Å². The zero-order valence-corrected chi connectivity index (χ0v) is 15.5. The van der Waals surface area contributed by atoms with Crippen LogP contribution < -0.4 is 9.47 Å². The van der Waals surface area contributed by atoms with Crippen LogP contribution in [-0.2, 0) is 19.4 Å². The molecule has 0 fully saturated rings. The van der Waals surface area contributed by atoms with E-state index in [1.165, 1.54) is 16.7 Å². The van der Waals surface area contributed by atoms with Gasteiger partial charge in [-0.15, -0.1) is 0 Å². The number of fused-ring (bicyclic) bond motifs is 1. The molecule has 3 nitrogen and oxygen atoms in total. The summed E-state index contributed by atoms with van der Waals surface area (Å²) in [5.74, 6) is 1.55.